The van der Waals surface area contributed by atoms with E-state index in [1.165, 1.54) is 0 Å². The van der Waals surface area contributed by atoms with Crippen LogP contribution in [0.25, 0.3) is 0 Å². The molecule has 2 fully saturated rings. The molecule has 0 aromatic rings. The predicted molar refractivity (Wildman–Crippen MR) is 67.6 cm³/mol. The van der Waals surface area contributed by atoms with Crippen LogP contribution in [0.1, 0.15) is 19.3 Å². The highest BCUT2D eigenvalue weighted by Gasteiger charge is 2.17. The maximum atomic E-state index is 9.74. The lowest BCUT2D eigenvalue weighted by Crippen LogP contribution is -2.34. The molecule has 3 atom stereocenters. The van der Waals surface area contributed by atoms with Gasteiger partial charge in [-0.2, -0.15) is 0 Å². The van der Waals surface area contributed by atoms with Crippen molar-refractivity contribution in [2.75, 3.05) is 46.1 Å². The normalized spacial score (nSPS) is 29.8. The second-order valence-electron chi connectivity index (χ2n) is 5.21. The van der Waals surface area contributed by atoms with Gasteiger partial charge in [-0.25, -0.2) is 0 Å². The van der Waals surface area contributed by atoms with Crippen LogP contribution in [0.15, 0.2) is 0 Å². The first kappa shape index (κ1) is 14.2. The molecule has 2 aliphatic rings. The Labute approximate surface area is 109 Å². The van der Waals surface area contributed by atoms with Crippen molar-refractivity contribution >= 4 is 0 Å². The molecule has 2 N–H and O–H groups in total. The van der Waals surface area contributed by atoms with Gasteiger partial charge in [-0.1, -0.05) is 0 Å². The Bertz CT molecular complexity index is 193. The van der Waals surface area contributed by atoms with Gasteiger partial charge in [0.1, 0.15) is 0 Å². The van der Waals surface area contributed by atoms with Crippen molar-refractivity contribution < 1.29 is 19.3 Å². The van der Waals surface area contributed by atoms with Gasteiger partial charge in [-0.05, 0) is 25.2 Å². The Balaban J connectivity index is 1.43. The van der Waals surface area contributed by atoms with Gasteiger partial charge in [0, 0.05) is 26.3 Å². The van der Waals surface area contributed by atoms with Crippen LogP contribution in [0.5, 0.6) is 0 Å². The second kappa shape index (κ2) is 8.07. The fourth-order valence-corrected chi connectivity index (χ4v) is 2.37. The van der Waals surface area contributed by atoms with Gasteiger partial charge in [0.2, 0.25) is 0 Å². The van der Waals surface area contributed by atoms with Gasteiger partial charge in [0.05, 0.1) is 32.0 Å². The summed E-state index contributed by atoms with van der Waals surface area (Å²) in [6.07, 6.45) is 3.13. The fourth-order valence-electron chi connectivity index (χ4n) is 2.37. The average Bonchev–Trinajstić information content (AvgIpc) is 3.01. The summed E-state index contributed by atoms with van der Waals surface area (Å²) in [6.45, 7) is 5.06. The Hall–Kier alpha value is -0.200. The third-order valence-corrected chi connectivity index (χ3v) is 3.47. The number of aliphatic hydroxyl groups excluding tert-OH is 1. The molecule has 3 unspecified atom stereocenters. The molecule has 0 aliphatic carbocycles. The summed E-state index contributed by atoms with van der Waals surface area (Å²) in [4.78, 5) is 0. The van der Waals surface area contributed by atoms with Gasteiger partial charge in [0.15, 0.2) is 0 Å². The quantitative estimate of drug-likeness (QED) is 0.651. The molecule has 106 valence electrons. The highest BCUT2D eigenvalue weighted by Crippen LogP contribution is 2.12. The first-order valence-corrected chi connectivity index (χ1v) is 7.00. The molecule has 0 spiro atoms. The minimum Gasteiger partial charge on any atom is -0.389 e. The van der Waals surface area contributed by atoms with Crippen LogP contribution in [-0.4, -0.2) is 63.4 Å². The van der Waals surface area contributed by atoms with E-state index in [4.69, 9.17) is 14.2 Å². The van der Waals surface area contributed by atoms with Crippen molar-refractivity contribution in [1.29, 1.82) is 0 Å². The molecule has 2 aliphatic heterocycles. The molecule has 5 heteroatoms. The molecule has 18 heavy (non-hydrogen) atoms. The average molecular weight is 259 g/mol. The highest BCUT2D eigenvalue weighted by molar-refractivity contribution is 4.69. The number of rotatable bonds is 8. The van der Waals surface area contributed by atoms with Crippen LogP contribution in [0.2, 0.25) is 0 Å². The van der Waals surface area contributed by atoms with Crippen LogP contribution in [-0.2, 0) is 14.2 Å². The second-order valence-corrected chi connectivity index (χ2v) is 5.21. The number of nitrogens with one attached hydrogen (secondary N) is 1. The lowest BCUT2D eigenvalue weighted by Gasteiger charge is -2.15. The molecular weight excluding hydrogens is 234 g/mol. The zero-order valence-electron chi connectivity index (χ0n) is 11.0. The summed E-state index contributed by atoms with van der Waals surface area (Å²) in [5.74, 6) is 0.602. The molecule has 0 radical (unpaired) electrons. The molecular formula is C13H25NO4. The fraction of sp³-hybridized carbons (Fsp3) is 1.00. The lowest BCUT2D eigenvalue weighted by atomic mass is 10.1. The monoisotopic (exact) mass is 259 g/mol. The zero-order valence-corrected chi connectivity index (χ0v) is 11.0. The Morgan fingerprint density at radius 2 is 2.28 bits per heavy atom. The first-order chi connectivity index (χ1) is 8.84. The van der Waals surface area contributed by atoms with E-state index < -0.39 is 6.10 Å². The van der Waals surface area contributed by atoms with Crippen LogP contribution in [0.3, 0.4) is 0 Å². The van der Waals surface area contributed by atoms with E-state index in [1.807, 2.05) is 0 Å². The minimum absolute atomic E-state index is 0.237. The molecule has 0 bridgehead atoms. The number of aliphatic hydroxyl groups is 1. The van der Waals surface area contributed by atoms with Crippen LogP contribution >= 0.6 is 0 Å². The van der Waals surface area contributed by atoms with Gasteiger partial charge < -0.3 is 24.6 Å². The Morgan fingerprint density at radius 3 is 3.00 bits per heavy atom. The zero-order chi connectivity index (χ0) is 12.6. The smallest absolute Gasteiger partial charge is 0.0897 e. The summed E-state index contributed by atoms with van der Waals surface area (Å²) < 4.78 is 16.2. The maximum Gasteiger partial charge on any atom is 0.0897 e. The molecule has 5 nitrogen and oxygen atoms in total. The predicted octanol–water partition coefficient (Wildman–Crippen LogP) is 0.169. The molecule has 2 heterocycles. The van der Waals surface area contributed by atoms with Crippen molar-refractivity contribution in [3.63, 3.8) is 0 Å². The van der Waals surface area contributed by atoms with E-state index >= 15 is 0 Å². The lowest BCUT2D eigenvalue weighted by molar-refractivity contribution is -0.0165. The van der Waals surface area contributed by atoms with E-state index in [2.05, 4.69) is 5.32 Å². The summed E-state index contributed by atoms with van der Waals surface area (Å²) in [6, 6.07) is 0. The minimum atomic E-state index is -0.436. The summed E-state index contributed by atoms with van der Waals surface area (Å²) in [5, 5.41) is 13.0. The highest BCUT2D eigenvalue weighted by atomic mass is 16.5. The van der Waals surface area contributed by atoms with E-state index in [0.717, 1.165) is 45.6 Å². The van der Waals surface area contributed by atoms with Crippen molar-refractivity contribution in [2.24, 2.45) is 5.92 Å². The van der Waals surface area contributed by atoms with Crippen molar-refractivity contribution in [1.82, 2.24) is 5.32 Å². The number of hydrogen-bond acceptors (Lipinski definition) is 5. The molecule has 0 aromatic heterocycles. The standard InChI is InChI=1S/C13H25NO4/c15-12(7-14-6-11-3-5-16-8-11)9-17-10-13-2-1-4-18-13/h11-15H,1-10H2. The third-order valence-electron chi connectivity index (χ3n) is 3.47. The van der Waals surface area contributed by atoms with E-state index in [-0.39, 0.29) is 6.10 Å². The van der Waals surface area contributed by atoms with Gasteiger partial charge in [-0.15, -0.1) is 0 Å². The third kappa shape index (κ3) is 5.20. The summed E-state index contributed by atoms with van der Waals surface area (Å²) >= 11 is 0. The Morgan fingerprint density at radius 1 is 1.33 bits per heavy atom. The first-order valence-electron chi connectivity index (χ1n) is 7.00. The number of ether oxygens (including phenoxy) is 3. The van der Waals surface area contributed by atoms with Gasteiger partial charge >= 0.3 is 0 Å². The van der Waals surface area contributed by atoms with Crippen molar-refractivity contribution in [2.45, 2.75) is 31.5 Å². The molecule has 2 rings (SSSR count). The van der Waals surface area contributed by atoms with Crippen molar-refractivity contribution in [3.05, 3.63) is 0 Å². The van der Waals surface area contributed by atoms with Gasteiger partial charge in [0.25, 0.3) is 0 Å². The molecule has 0 aromatic carbocycles. The molecule has 0 amide bonds. The molecule has 0 saturated carbocycles. The number of hydrogen-bond donors (Lipinski definition) is 2. The topological polar surface area (TPSA) is 60.0 Å². The van der Waals surface area contributed by atoms with E-state index in [1.54, 1.807) is 0 Å². The SMILES string of the molecule is OC(CNCC1CCOC1)COCC1CCCO1. The van der Waals surface area contributed by atoms with E-state index in [9.17, 15) is 5.11 Å². The molecule has 2 saturated heterocycles. The largest absolute Gasteiger partial charge is 0.389 e. The summed E-state index contributed by atoms with van der Waals surface area (Å²) in [7, 11) is 0. The van der Waals surface area contributed by atoms with Crippen LogP contribution in [0, 0.1) is 5.92 Å². The van der Waals surface area contributed by atoms with Crippen molar-refractivity contribution in [3.8, 4) is 0 Å². The van der Waals surface area contributed by atoms with Crippen LogP contribution in [0.4, 0.5) is 0 Å². The van der Waals surface area contributed by atoms with E-state index in [0.29, 0.717) is 25.7 Å². The maximum absolute atomic E-state index is 9.74. The summed E-state index contributed by atoms with van der Waals surface area (Å²) in [5.41, 5.74) is 0. The van der Waals surface area contributed by atoms with Crippen LogP contribution < -0.4 is 5.32 Å². The Kier molecular flexibility index (Phi) is 6.37. The van der Waals surface area contributed by atoms with Gasteiger partial charge in [-0.3, -0.25) is 0 Å².